The number of aryl methyl sites for hydroxylation is 1. The molecule has 0 spiro atoms. The molecule has 2 aliphatic rings. The zero-order valence-electron chi connectivity index (χ0n) is 15.7. The maximum Gasteiger partial charge on any atom is 0.178 e. The van der Waals surface area contributed by atoms with Crippen molar-refractivity contribution >= 4 is 27.3 Å². The number of hydrogen-bond acceptors (Lipinski definition) is 5. The van der Waals surface area contributed by atoms with Crippen LogP contribution in [0.3, 0.4) is 0 Å². The van der Waals surface area contributed by atoms with E-state index in [1.54, 1.807) is 18.2 Å². The van der Waals surface area contributed by atoms with Crippen molar-refractivity contribution in [3.05, 3.63) is 52.0 Å². The minimum Gasteiger partial charge on any atom is -0.393 e. The predicted octanol–water partition coefficient (Wildman–Crippen LogP) is 3.47. The lowest BCUT2D eigenvalue weighted by Crippen LogP contribution is -2.23. The molecule has 1 aliphatic carbocycles. The highest BCUT2D eigenvalue weighted by Gasteiger charge is 2.31. The summed E-state index contributed by atoms with van der Waals surface area (Å²) < 4.78 is 25.7. The molecule has 0 amide bonds. The van der Waals surface area contributed by atoms with Gasteiger partial charge in [-0.15, -0.1) is 0 Å². The standard InChI is InChI=1S/C21H23ClN2O3S/c1-12-9-15(28(26,27)11-14-3-2-4-18(14)25)6-8-16(12)17-7-5-13-10-24-21(23)19(13)20(17)22/h5-9,14,18,25H,2-4,10-11H2,1H3,(H2,23,24)/t14-,18-/m0/s1. The molecule has 0 aromatic heterocycles. The minimum absolute atomic E-state index is 0.0143. The van der Waals surface area contributed by atoms with Gasteiger partial charge in [-0.2, -0.15) is 0 Å². The summed E-state index contributed by atoms with van der Waals surface area (Å²) in [7, 11) is -3.46. The first-order valence-electron chi connectivity index (χ1n) is 9.41. The van der Waals surface area contributed by atoms with Crippen molar-refractivity contribution in [1.82, 2.24) is 0 Å². The molecule has 7 heteroatoms. The number of nitrogens with two attached hydrogens (primary N) is 1. The highest BCUT2D eigenvalue weighted by atomic mass is 35.5. The first-order chi connectivity index (χ1) is 13.3. The Morgan fingerprint density at radius 3 is 2.64 bits per heavy atom. The van der Waals surface area contributed by atoms with Crippen LogP contribution in [0.2, 0.25) is 5.02 Å². The Kier molecular flexibility index (Phi) is 4.98. The van der Waals surface area contributed by atoms with Crippen LogP contribution in [-0.4, -0.2) is 31.2 Å². The number of fused-ring (bicyclic) bond motifs is 1. The lowest BCUT2D eigenvalue weighted by atomic mass is 9.96. The van der Waals surface area contributed by atoms with Crippen molar-refractivity contribution in [2.45, 2.75) is 43.7 Å². The van der Waals surface area contributed by atoms with Gasteiger partial charge in [-0.25, -0.2) is 8.42 Å². The Morgan fingerprint density at radius 1 is 1.21 bits per heavy atom. The first kappa shape index (κ1) is 19.4. The van der Waals surface area contributed by atoms with Crippen LogP contribution >= 0.6 is 11.6 Å². The summed E-state index contributed by atoms with van der Waals surface area (Å²) in [6.45, 7) is 2.41. The van der Waals surface area contributed by atoms with E-state index >= 15 is 0 Å². The molecule has 3 N–H and O–H groups in total. The molecule has 1 heterocycles. The van der Waals surface area contributed by atoms with Gasteiger partial charge in [0.05, 0.1) is 28.3 Å². The van der Waals surface area contributed by atoms with E-state index in [1.165, 1.54) is 0 Å². The summed E-state index contributed by atoms with van der Waals surface area (Å²) in [5.74, 6) is 0.242. The molecule has 2 aromatic rings. The molecule has 5 nitrogen and oxygen atoms in total. The van der Waals surface area contributed by atoms with Crippen molar-refractivity contribution in [3.63, 3.8) is 0 Å². The van der Waals surface area contributed by atoms with Crippen LogP contribution in [0.5, 0.6) is 0 Å². The van der Waals surface area contributed by atoms with E-state index in [0.29, 0.717) is 23.8 Å². The summed E-state index contributed by atoms with van der Waals surface area (Å²) in [5, 5.41) is 10.5. The molecule has 4 rings (SSSR count). The third kappa shape index (κ3) is 3.34. The second-order valence-electron chi connectivity index (χ2n) is 7.68. The van der Waals surface area contributed by atoms with Gasteiger partial charge in [-0.3, -0.25) is 4.99 Å². The molecule has 1 fully saturated rings. The summed E-state index contributed by atoms with van der Waals surface area (Å²) in [4.78, 5) is 4.52. The minimum atomic E-state index is -3.46. The van der Waals surface area contributed by atoms with Crippen LogP contribution in [0, 0.1) is 12.8 Å². The number of rotatable bonds is 4. The Morgan fingerprint density at radius 2 is 1.96 bits per heavy atom. The van der Waals surface area contributed by atoms with Crippen LogP contribution in [0.4, 0.5) is 0 Å². The second-order valence-corrected chi connectivity index (χ2v) is 10.1. The fourth-order valence-electron chi connectivity index (χ4n) is 4.20. The van der Waals surface area contributed by atoms with E-state index < -0.39 is 15.9 Å². The Balaban J connectivity index is 1.68. The fraction of sp³-hybridized carbons (Fsp3) is 0.381. The van der Waals surface area contributed by atoms with E-state index in [2.05, 4.69) is 4.99 Å². The molecule has 1 saturated carbocycles. The number of amidine groups is 1. The van der Waals surface area contributed by atoms with E-state index in [9.17, 15) is 13.5 Å². The number of halogens is 1. The van der Waals surface area contributed by atoms with Crippen molar-refractivity contribution in [2.24, 2.45) is 16.6 Å². The quantitative estimate of drug-likeness (QED) is 0.795. The molecular weight excluding hydrogens is 396 g/mol. The summed E-state index contributed by atoms with van der Waals surface area (Å²) in [5.41, 5.74) is 10.2. The Labute approximate surface area is 170 Å². The topological polar surface area (TPSA) is 92.8 Å². The number of benzene rings is 2. The molecule has 0 saturated heterocycles. The van der Waals surface area contributed by atoms with Crippen LogP contribution in [0.1, 0.15) is 36.0 Å². The molecule has 2 aromatic carbocycles. The molecule has 0 bridgehead atoms. The van der Waals surface area contributed by atoms with Gasteiger partial charge < -0.3 is 10.8 Å². The van der Waals surface area contributed by atoms with Crippen LogP contribution in [0.15, 0.2) is 40.2 Å². The predicted molar refractivity (Wildman–Crippen MR) is 111 cm³/mol. The fourth-order valence-corrected chi connectivity index (χ4v) is 6.36. The van der Waals surface area contributed by atoms with Gasteiger partial charge >= 0.3 is 0 Å². The van der Waals surface area contributed by atoms with Gasteiger partial charge in [-0.05, 0) is 54.5 Å². The maximum absolute atomic E-state index is 12.8. The van der Waals surface area contributed by atoms with Gasteiger partial charge in [0.1, 0.15) is 5.84 Å². The highest BCUT2D eigenvalue weighted by molar-refractivity contribution is 7.91. The molecule has 28 heavy (non-hydrogen) atoms. The molecule has 0 unspecified atom stereocenters. The van der Waals surface area contributed by atoms with Gasteiger partial charge in [0.15, 0.2) is 9.84 Å². The van der Waals surface area contributed by atoms with Crippen LogP contribution in [-0.2, 0) is 16.4 Å². The summed E-state index contributed by atoms with van der Waals surface area (Å²) >= 11 is 6.61. The zero-order chi connectivity index (χ0) is 20.1. The lowest BCUT2D eigenvalue weighted by Gasteiger charge is -2.16. The molecular formula is C21H23ClN2O3S. The smallest absolute Gasteiger partial charge is 0.178 e. The average molecular weight is 419 g/mol. The number of nitrogens with zero attached hydrogens (tertiary/aromatic N) is 1. The van der Waals surface area contributed by atoms with Crippen LogP contribution < -0.4 is 5.73 Å². The monoisotopic (exact) mass is 418 g/mol. The average Bonchev–Trinajstić information content (AvgIpc) is 3.22. The SMILES string of the molecule is Cc1cc(S(=O)(=O)C[C@@H]2CCC[C@@H]2O)ccc1-c1ccc2c(c1Cl)C(N)=NC2. The number of hydrogen-bond donors (Lipinski definition) is 2. The molecule has 2 atom stereocenters. The zero-order valence-corrected chi connectivity index (χ0v) is 17.2. The van der Waals surface area contributed by atoms with E-state index in [-0.39, 0.29) is 16.6 Å². The highest BCUT2D eigenvalue weighted by Crippen LogP contribution is 2.37. The normalized spacial score (nSPS) is 21.6. The molecule has 148 valence electrons. The first-order valence-corrected chi connectivity index (χ1v) is 11.4. The molecule has 0 radical (unpaired) electrons. The van der Waals surface area contributed by atoms with Crippen molar-refractivity contribution in [1.29, 1.82) is 0 Å². The number of sulfone groups is 1. The summed E-state index contributed by atoms with van der Waals surface area (Å²) in [6, 6.07) is 9.00. The van der Waals surface area contributed by atoms with E-state index in [4.69, 9.17) is 17.3 Å². The number of aliphatic hydroxyl groups excluding tert-OH is 1. The maximum atomic E-state index is 12.8. The largest absolute Gasteiger partial charge is 0.393 e. The van der Waals surface area contributed by atoms with Gasteiger partial charge in [-0.1, -0.05) is 36.2 Å². The van der Waals surface area contributed by atoms with E-state index in [1.807, 2.05) is 19.1 Å². The van der Waals surface area contributed by atoms with Crippen LogP contribution in [0.25, 0.3) is 11.1 Å². The van der Waals surface area contributed by atoms with Crippen molar-refractivity contribution in [2.75, 3.05) is 5.75 Å². The van der Waals surface area contributed by atoms with Gasteiger partial charge in [0.2, 0.25) is 0 Å². The third-order valence-electron chi connectivity index (χ3n) is 5.80. The molecule has 1 aliphatic heterocycles. The third-order valence-corrected chi connectivity index (χ3v) is 8.04. The summed E-state index contributed by atoms with van der Waals surface area (Å²) in [6.07, 6.45) is 1.79. The lowest BCUT2D eigenvalue weighted by molar-refractivity contribution is 0.142. The number of aliphatic hydroxyl groups is 1. The van der Waals surface area contributed by atoms with Gasteiger partial charge in [0.25, 0.3) is 0 Å². The van der Waals surface area contributed by atoms with Gasteiger partial charge in [0, 0.05) is 11.1 Å². The second kappa shape index (κ2) is 7.17. The van der Waals surface area contributed by atoms with Crippen molar-refractivity contribution < 1.29 is 13.5 Å². The van der Waals surface area contributed by atoms with Crippen molar-refractivity contribution in [3.8, 4) is 11.1 Å². The Hall–Kier alpha value is -1.89. The number of aliphatic imine (C=N–C) groups is 1. The Bertz CT molecular complexity index is 1080. The van der Waals surface area contributed by atoms with E-state index in [0.717, 1.165) is 40.7 Å².